The fourth-order valence-electron chi connectivity index (χ4n) is 2.52. The van der Waals surface area contributed by atoms with E-state index in [1.54, 1.807) is 12.1 Å². The van der Waals surface area contributed by atoms with Gasteiger partial charge in [0.2, 0.25) is 0 Å². The molecule has 0 spiro atoms. The number of fused-ring (bicyclic) bond motifs is 1. The first-order chi connectivity index (χ1) is 10.2. The average Bonchev–Trinajstić information content (AvgIpc) is 2.88. The molecule has 0 amide bonds. The zero-order valence-corrected chi connectivity index (χ0v) is 11.8. The highest BCUT2D eigenvalue weighted by Gasteiger charge is 2.17. The highest BCUT2D eigenvalue weighted by molar-refractivity contribution is 5.65. The second kappa shape index (κ2) is 5.54. The largest absolute Gasteiger partial charge is 0.325 e. The predicted octanol–water partition coefficient (Wildman–Crippen LogP) is 3.09. The summed E-state index contributed by atoms with van der Waals surface area (Å²) in [5.74, 6) is 0.571. The molecule has 3 rings (SSSR count). The third-order valence-corrected chi connectivity index (χ3v) is 3.51. The van der Waals surface area contributed by atoms with Gasteiger partial charge in [0, 0.05) is 25.0 Å². The minimum atomic E-state index is -0.246. The van der Waals surface area contributed by atoms with Crippen molar-refractivity contribution < 1.29 is 4.39 Å². The molecule has 0 saturated carbocycles. The van der Waals surface area contributed by atoms with Gasteiger partial charge in [-0.25, -0.2) is 9.37 Å². The van der Waals surface area contributed by atoms with Gasteiger partial charge in [0.1, 0.15) is 11.5 Å². The number of halogens is 1. The Morgan fingerprint density at radius 3 is 2.62 bits per heavy atom. The number of pyridine rings is 1. The molecule has 0 aliphatic rings. The number of anilines is 2. The first kappa shape index (κ1) is 13.6. The molecule has 0 radical (unpaired) electrons. The zero-order chi connectivity index (χ0) is 14.8. The molecule has 108 valence electrons. The summed E-state index contributed by atoms with van der Waals surface area (Å²) in [7, 11) is 0. The van der Waals surface area contributed by atoms with E-state index in [1.165, 1.54) is 12.1 Å². The topological polar surface area (TPSA) is 46.6 Å². The molecule has 0 aliphatic carbocycles. The Morgan fingerprint density at radius 1 is 1.19 bits per heavy atom. The number of nitrogens with two attached hydrogens (primary N) is 1. The SMILES string of the molecule is CCN(c1ccc(F)cc1)c1nc2ccccn2c1CN. The van der Waals surface area contributed by atoms with Crippen molar-refractivity contribution in [2.24, 2.45) is 5.73 Å². The third-order valence-electron chi connectivity index (χ3n) is 3.51. The smallest absolute Gasteiger partial charge is 0.156 e. The van der Waals surface area contributed by atoms with Crippen LogP contribution < -0.4 is 10.6 Å². The van der Waals surface area contributed by atoms with Crippen LogP contribution in [0.1, 0.15) is 12.6 Å². The molecule has 0 fully saturated rings. The van der Waals surface area contributed by atoms with Crippen molar-refractivity contribution in [3.05, 3.63) is 60.2 Å². The van der Waals surface area contributed by atoms with Crippen LogP contribution in [0.2, 0.25) is 0 Å². The number of benzene rings is 1. The van der Waals surface area contributed by atoms with Gasteiger partial charge in [0.15, 0.2) is 5.82 Å². The van der Waals surface area contributed by atoms with Crippen molar-refractivity contribution >= 4 is 17.2 Å². The fourth-order valence-corrected chi connectivity index (χ4v) is 2.52. The Kier molecular flexibility index (Phi) is 3.58. The van der Waals surface area contributed by atoms with Gasteiger partial charge in [-0.2, -0.15) is 0 Å². The normalized spacial score (nSPS) is 11.0. The van der Waals surface area contributed by atoms with Crippen LogP contribution in [0.25, 0.3) is 5.65 Å². The van der Waals surface area contributed by atoms with Gasteiger partial charge in [0.25, 0.3) is 0 Å². The van der Waals surface area contributed by atoms with Gasteiger partial charge in [0.05, 0.1) is 5.69 Å². The Hall–Kier alpha value is -2.40. The highest BCUT2D eigenvalue weighted by Crippen LogP contribution is 2.28. The van der Waals surface area contributed by atoms with Crippen molar-refractivity contribution in [2.75, 3.05) is 11.4 Å². The molecule has 2 N–H and O–H groups in total. The van der Waals surface area contributed by atoms with Crippen LogP contribution in [0.3, 0.4) is 0 Å². The molecule has 5 heteroatoms. The van der Waals surface area contributed by atoms with E-state index >= 15 is 0 Å². The number of hydrogen-bond acceptors (Lipinski definition) is 3. The first-order valence-corrected chi connectivity index (χ1v) is 6.93. The van der Waals surface area contributed by atoms with Crippen LogP contribution in [0.4, 0.5) is 15.9 Å². The minimum absolute atomic E-state index is 0.246. The molecule has 0 atom stereocenters. The molecular weight excluding hydrogens is 267 g/mol. The lowest BCUT2D eigenvalue weighted by Gasteiger charge is -2.22. The molecule has 21 heavy (non-hydrogen) atoms. The number of imidazole rings is 1. The summed E-state index contributed by atoms with van der Waals surface area (Å²) in [4.78, 5) is 6.70. The fraction of sp³-hybridized carbons (Fsp3) is 0.188. The first-order valence-electron chi connectivity index (χ1n) is 6.93. The summed E-state index contributed by atoms with van der Waals surface area (Å²) < 4.78 is 15.1. The molecule has 0 aliphatic heterocycles. The molecule has 3 aromatic rings. The van der Waals surface area contributed by atoms with Crippen LogP contribution in [-0.4, -0.2) is 15.9 Å². The summed E-state index contributed by atoms with van der Waals surface area (Å²) in [6, 6.07) is 12.3. The predicted molar refractivity (Wildman–Crippen MR) is 82.2 cm³/mol. The van der Waals surface area contributed by atoms with Gasteiger partial charge >= 0.3 is 0 Å². The monoisotopic (exact) mass is 284 g/mol. The van der Waals surface area contributed by atoms with Gasteiger partial charge in [-0.1, -0.05) is 6.07 Å². The minimum Gasteiger partial charge on any atom is -0.325 e. The summed E-state index contributed by atoms with van der Waals surface area (Å²) >= 11 is 0. The Labute approximate surface area is 122 Å². The summed E-state index contributed by atoms with van der Waals surface area (Å²) in [5, 5.41) is 0. The van der Waals surface area contributed by atoms with E-state index in [-0.39, 0.29) is 5.82 Å². The van der Waals surface area contributed by atoms with E-state index < -0.39 is 0 Å². The van der Waals surface area contributed by atoms with E-state index in [2.05, 4.69) is 4.98 Å². The van der Waals surface area contributed by atoms with Crippen molar-refractivity contribution in [2.45, 2.75) is 13.5 Å². The van der Waals surface area contributed by atoms with Crippen molar-refractivity contribution in [1.29, 1.82) is 0 Å². The van der Waals surface area contributed by atoms with E-state index in [9.17, 15) is 4.39 Å². The van der Waals surface area contributed by atoms with Crippen LogP contribution >= 0.6 is 0 Å². The maximum absolute atomic E-state index is 13.1. The summed E-state index contributed by atoms with van der Waals surface area (Å²) in [6.07, 6.45) is 1.95. The van der Waals surface area contributed by atoms with Crippen molar-refractivity contribution in [3.8, 4) is 0 Å². The lowest BCUT2D eigenvalue weighted by atomic mass is 10.2. The van der Waals surface area contributed by atoms with Crippen LogP contribution in [-0.2, 0) is 6.54 Å². The average molecular weight is 284 g/mol. The molecular formula is C16H17FN4. The standard InChI is InChI=1S/C16H17FN4/c1-2-20(13-8-6-12(17)7-9-13)16-14(11-18)21-10-4-3-5-15(21)19-16/h3-10H,2,11,18H2,1H3. The lowest BCUT2D eigenvalue weighted by molar-refractivity contribution is 0.628. The molecule has 0 unspecified atom stereocenters. The Balaban J connectivity index is 2.14. The van der Waals surface area contributed by atoms with E-state index in [4.69, 9.17) is 5.73 Å². The second-order valence-corrected chi connectivity index (χ2v) is 4.74. The van der Waals surface area contributed by atoms with Crippen LogP contribution in [0, 0.1) is 5.82 Å². The van der Waals surface area contributed by atoms with E-state index in [0.717, 1.165) is 29.4 Å². The van der Waals surface area contributed by atoms with E-state index in [0.29, 0.717) is 6.54 Å². The second-order valence-electron chi connectivity index (χ2n) is 4.74. The third kappa shape index (κ3) is 2.36. The Bertz CT molecular complexity index is 749. The quantitative estimate of drug-likeness (QED) is 0.801. The molecule has 0 saturated heterocycles. The highest BCUT2D eigenvalue weighted by atomic mass is 19.1. The maximum atomic E-state index is 13.1. The lowest BCUT2D eigenvalue weighted by Crippen LogP contribution is -2.19. The molecule has 2 heterocycles. The van der Waals surface area contributed by atoms with Crippen LogP contribution in [0.5, 0.6) is 0 Å². The van der Waals surface area contributed by atoms with Crippen molar-refractivity contribution in [1.82, 2.24) is 9.38 Å². The summed E-state index contributed by atoms with van der Waals surface area (Å²) in [5.41, 5.74) is 8.60. The number of hydrogen-bond donors (Lipinski definition) is 1. The van der Waals surface area contributed by atoms with E-state index in [1.807, 2.05) is 40.6 Å². The van der Waals surface area contributed by atoms with Gasteiger partial charge in [-0.3, -0.25) is 0 Å². The zero-order valence-electron chi connectivity index (χ0n) is 11.8. The maximum Gasteiger partial charge on any atom is 0.156 e. The summed E-state index contributed by atoms with van der Waals surface area (Å²) in [6.45, 7) is 3.15. The van der Waals surface area contributed by atoms with Crippen molar-refractivity contribution in [3.63, 3.8) is 0 Å². The molecule has 1 aromatic carbocycles. The number of nitrogens with zero attached hydrogens (tertiary/aromatic N) is 3. The molecule has 2 aromatic heterocycles. The molecule has 4 nitrogen and oxygen atoms in total. The van der Waals surface area contributed by atoms with Gasteiger partial charge in [-0.15, -0.1) is 0 Å². The number of rotatable bonds is 4. The van der Waals surface area contributed by atoms with Gasteiger partial charge in [-0.05, 0) is 43.3 Å². The number of aromatic nitrogens is 2. The Morgan fingerprint density at radius 2 is 1.95 bits per heavy atom. The molecule has 0 bridgehead atoms. The van der Waals surface area contributed by atoms with Gasteiger partial charge < -0.3 is 15.0 Å². The van der Waals surface area contributed by atoms with Crippen LogP contribution in [0.15, 0.2) is 48.7 Å².